The second-order valence-corrected chi connectivity index (χ2v) is 26.3. The standard InChI is InChI=1S/C66H111N19O19/c1-9-33(5)51(62(100)80-43(26-32(3)4)57(95)82-47(31-86)65(103)104)83-54(92)40(20-13-15-23-67)75-59(97)45(28-48(69)89)79-58(96)44(27-37-30-74-39-19-12-11-18-38(37)39)78-60(98)46(29-49(90)91)81-63(101)52(34(6)10-2)84-55(93)41(21-14-16-24-68)77-64(102)53(36(8)88)85-56(94)42(22-17-25-73-66(71)72)76-61(99)50(70)35(7)87/h11-12,18-19,32-36,40-47,50-53,86-88H,9-10,13-17,20-31,67-68,70H2,1-8H3,(H2,69,89)(H,75,97)(H,76,99)(H,77,102)(H,78,98)(H,79,96)(H,80,100)(H,81,101)(H,82,95)(H,83,92)(H,84,93)(H,85,94)(H,90,91)(H,103,104)(H4,71,72,73)/t33-,34-,35+,36+,40-,41-,42-,43-,44-,45-,46-,47-,50-,51-,52-,53-/m0/s1. The van der Waals surface area contributed by atoms with Crippen LogP contribution in [0.2, 0.25) is 0 Å². The highest BCUT2D eigenvalue weighted by Crippen LogP contribution is 2.17. The minimum Gasteiger partial charge on any atom is -0.481 e. The van der Waals surface area contributed by atoms with Crippen LogP contribution >= 0.6 is 0 Å². The Balaban J connectivity index is 2.64. The van der Waals surface area contributed by atoms with E-state index >= 15 is 0 Å². The van der Waals surface area contributed by atoms with E-state index in [9.17, 15) is 92.7 Å². The van der Waals surface area contributed by atoms with E-state index in [1.807, 2.05) is 0 Å². The Morgan fingerprint density at radius 2 is 0.894 bits per heavy atom. The van der Waals surface area contributed by atoms with E-state index in [1.54, 1.807) is 58.9 Å². The molecule has 0 aromatic heterocycles. The van der Waals surface area contributed by atoms with Crippen molar-refractivity contribution in [2.45, 2.75) is 230 Å². The number of primary amides is 1. The molecule has 104 heavy (non-hydrogen) atoms. The molecule has 0 bridgehead atoms. The topological polar surface area (TPSA) is 653 Å². The Bertz CT molecular complexity index is 3260. The predicted molar refractivity (Wildman–Crippen MR) is 378 cm³/mol. The van der Waals surface area contributed by atoms with Gasteiger partial charge in [0.15, 0.2) is 5.96 Å². The molecule has 38 nitrogen and oxygen atoms in total. The fourth-order valence-electron chi connectivity index (χ4n) is 10.7. The summed E-state index contributed by atoms with van der Waals surface area (Å²) in [5.74, 6) is -17.8. The Morgan fingerprint density at radius 1 is 0.490 bits per heavy atom. The maximum atomic E-state index is 14.8. The third kappa shape index (κ3) is 31.2. The molecule has 0 aliphatic carbocycles. The van der Waals surface area contributed by atoms with Crippen molar-refractivity contribution in [2.24, 2.45) is 62.1 Å². The highest BCUT2D eigenvalue weighted by molar-refractivity contribution is 6.01. The van der Waals surface area contributed by atoms with E-state index in [2.05, 4.69) is 68.5 Å². The largest absolute Gasteiger partial charge is 0.481 e. The first-order chi connectivity index (χ1) is 48.9. The number of carboxylic acid groups (broad SMARTS) is 2. The van der Waals surface area contributed by atoms with Gasteiger partial charge in [-0.25, -0.2) is 4.79 Å². The van der Waals surface area contributed by atoms with Gasteiger partial charge in [-0.1, -0.05) is 72.6 Å². The molecule has 0 saturated carbocycles. The maximum absolute atomic E-state index is 14.8. The number of aliphatic carboxylic acids is 2. The van der Waals surface area contributed by atoms with Gasteiger partial charge in [0.05, 0.1) is 43.6 Å². The van der Waals surface area contributed by atoms with Crippen LogP contribution in [0.5, 0.6) is 0 Å². The molecular formula is C66H111N19O19. The summed E-state index contributed by atoms with van der Waals surface area (Å²) in [6.45, 7) is 11.7. The number of aliphatic hydroxyl groups is 3. The smallest absolute Gasteiger partial charge is 0.328 e. The van der Waals surface area contributed by atoms with Gasteiger partial charge in [-0.05, 0) is 114 Å². The average molecular weight is 1470 g/mol. The maximum Gasteiger partial charge on any atom is 0.328 e. The predicted octanol–water partition coefficient (Wildman–Crippen LogP) is -7.84. The molecule has 0 fully saturated rings. The van der Waals surface area contributed by atoms with Crippen LogP contribution in [0.25, 0.3) is 5.57 Å². The van der Waals surface area contributed by atoms with Crippen LogP contribution in [-0.2, 0) is 67.1 Å². The highest BCUT2D eigenvalue weighted by Gasteiger charge is 2.40. The van der Waals surface area contributed by atoms with Crippen LogP contribution in [0, 0.1) is 17.8 Å². The van der Waals surface area contributed by atoms with Crippen molar-refractivity contribution in [2.75, 3.05) is 32.8 Å². The van der Waals surface area contributed by atoms with E-state index < -0.39 is 199 Å². The number of unbranched alkanes of at least 4 members (excludes halogenated alkanes) is 2. The molecular weight excluding hydrogens is 1360 g/mol. The molecule has 0 saturated heterocycles. The second-order valence-electron chi connectivity index (χ2n) is 26.3. The van der Waals surface area contributed by atoms with Gasteiger partial charge in [0.2, 0.25) is 70.9 Å². The lowest BCUT2D eigenvalue weighted by Crippen LogP contribution is -2.62. The number of guanidine groups is 1. The van der Waals surface area contributed by atoms with Gasteiger partial charge in [0.25, 0.3) is 0 Å². The SMILES string of the molecule is CC[C@H](C)[C@H](NC(=O)[C@H](CCCCN)NC(=O)[C@H](CC(N)=O)NC(=O)[C@H](CC1=c2ccccc2=NC1)NC(=O)[C@H](CC(=O)O)NC(=O)[C@@H](NC(=O)[C@H](CCCCN)NC(=O)[C@@H](NC(=O)[C@H](CCCN=C(N)N)NC(=O)[C@@H](N)[C@@H](C)O)[C@@H](C)O)[C@@H](C)CC)C(=O)N[C@@H](CC(C)C)C(=O)N[C@@H](CO)C(=O)O. The number of nitrogens with zero attached hydrogens (tertiary/aromatic N) is 2. The lowest BCUT2D eigenvalue weighted by Gasteiger charge is -2.30. The summed E-state index contributed by atoms with van der Waals surface area (Å²) in [7, 11) is 0. The minimum atomic E-state index is -2.03. The van der Waals surface area contributed by atoms with Crippen LogP contribution in [0.3, 0.4) is 0 Å². The third-order valence-electron chi connectivity index (χ3n) is 17.2. The van der Waals surface area contributed by atoms with Crippen molar-refractivity contribution < 1.29 is 92.7 Å². The van der Waals surface area contributed by atoms with Gasteiger partial charge in [-0.3, -0.25) is 72.3 Å². The quantitative estimate of drug-likeness (QED) is 0.0164. The Kier molecular flexibility index (Phi) is 40.3. The molecule has 12 amide bonds. The van der Waals surface area contributed by atoms with Gasteiger partial charge in [0.1, 0.15) is 72.5 Å². The summed E-state index contributed by atoms with van der Waals surface area (Å²) in [4.78, 5) is 201. The normalized spacial score (nSPS) is 16.3. The Morgan fingerprint density at radius 3 is 1.35 bits per heavy atom. The van der Waals surface area contributed by atoms with Crippen molar-refractivity contribution in [3.63, 3.8) is 0 Å². The molecule has 38 heteroatoms. The molecule has 0 radical (unpaired) electrons. The van der Waals surface area contributed by atoms with E-state index in [0.717, 1.165) is 6.92 Å². The molecule has 1 aromatic carbocycles. The number of rotatable bonds is 50. The van der Waals surface area contributed by atoms with E-state index in [-0.39, 0.29) is 102 Å². The number of benzene rings is 1. The second kappa shape index (κ2) is 46.3. The van der Waals surface area contributed by atoms with Gasteiger partial charge < -0.3 is 118 Å². The van der Waals surface area contributed by atoms with Crippen LogP contribution in [0.4, 0.5) is 0 Å². The lowest BCUT2D eigenvalue weighted by atomic mass is 9.96. The molecule has 1 aromatic rings. The van der Waals surface area contributed by atoms with Gasteiger partial charge in [-0.2, -0.15) is 0 Å². The van der Waals surface area contributed by atoms with Gasteiger partial charge in [-0.15, -0.1) is 0 Å². The Labute approximate surface area is 603 Å². The number of aliphatic hydroxyl groups excluding tert-OH is 3. The third-order valence-corrected chi connectivity index (χ3v) is 17.2. The molecule has 584 valence electrons. The van der Waals surface area contributed by atoms with Crippen LogP contribution in [-0.4, -0.2) is 232 Å². The number of nitrogens with one attached hydrogen (secondary N) is 11. The zero-order chi connectivity index (χ0) is 78.7. The number of aliphatic imine (C=N–C) groups is 1. The van der Waals surface area contributed by atoms with Crippen molar-refractivity contribution in [1.82, 2.24) is 58.5 Å². The van der Waals surface area contributed by atoms with Crippen LogP contribution < -0.4 is 103 Å². The average Bonchev–Trinajstić information content (AvgIpc) is 1.68. The van der Waals surface area contributed by atoms with E-state index in [4.69, 9.17) is 34.4 Å². The number of hydrogen-bond donors (Lipinski definition) is 22. The molecule has 16 atom stereocenters. The molecule has 0 unspecified atom stereocenters. The van der Waals surface area contributed by atoms with E-state index in [1.165, 1.54) is 13.8 Å². The van der Waals surface area contributed by atoms with E-state index in [0.29, 0.717) is 29.0 Å². The zero-order valence-electron chi connectivity index (χ0n) is 60.4. The highest BCUT2D eigenvalue weighted by atomic mass is 16.4. The molecule has 1 aliphatic rings. The number of carboxylic acids is 2. The van der Waals surface area contributed by atoms with Crippen molar-refractivity contribution in [1.29, 1.82) is 0 Å². The molecule has 28 N–H and O–H groups in total. The number of carbonyl (C=O) groups excluding carboxylic acids is 12. The van der Waals surface area contributed by atoms with Gasteiger partial charge >= 0.3 is 11.9 Å². The van der Waals surface area contributed by atoms with Gasteiger partial charge in [0, 0.05) is 18.2 Å². The first kappa shape index (κ1) is 90.6. The van der Waals surface area contributed by atoms with Crippen molar-refractivity contribution >= 4 is 94.4 Å². The number of nitrogens with two attached hydrogens (primary N) is 6. The zero-order valence-corrected chi connectivity index (χ0v) is 60.4. The first-order valence-electron chi connectivity index (χ1n) is 34.8. The Hall–Kier alpha value is -9.50. The molecule has 0 spiro atoms. The fraction of sp³-hybridized carbons (Fsp3) is 0.667. The minimum absolute atomic E-state index is 0.00314. The first-order valence-corrected chi connectivity index (χ1v) is 34.8. The summed E-state index contributed by atoms with van der Waals surface area (Å²) in [6.07, 6.45) is -4.24. The number of amides is 12. The monoisotopic (exact) mass is 1470 g/mol. The number of hydrogen-bond acceptors (Lipinski definition) is 22. The van der Waals surface area contributed by atoms with Crippen LogP contribution in [0.15, 0.2) is 34.3 Å². The number of para-hydroxylation sites is 1. The number of carbonyl (C=O) groups is 14. The summed E-state index contributed by atoms with van der Waals surface area (Å²) in [5.41, 5.74) is 34.3. The lowest BCUT2D eigenvalue weighted by molar-refractivity contribution is -0.143. The summed E-state index contributed by atoms with van der Waals surface area (Å²) in [5, 5.41) is 78.2. The number of fused-ring (bicyclic) bond motifs is 1. The van der Waals surface area contributed by atoms with Crippen molar-refractivity contribution in [3.05, 3.63) is 34.8 Å². The fourth-order valence-corrected chi connectivity index (χ4v) is 10.7. The molecule has 1 aliphatic heterocycles. The summed E-state index contributed by atoms with van der Waals surface area (Å²) >= 11 is 0. The summed E-state index contributed by atoms with van der Waals surface area (Å²) < 4.78 is 0. The molecule has 1 heterocycles. The van der Waals surface area contributed by atoms with Crippen LogP contribution in [0.1, 0.15) is 145 Å². The summed E-state index contributed by atoms with van der Waals surface area (Å²) in [6, 6.07) is -12.8. The molecule has 2 rings (SSSR count). The van der Waals surface area contributed by atoms with Crippen molar-refractivity contribution in [3.8, 4) is 0 Å².